The van der Waals surface area contributed by atoms with Gasteiger partial charge in [-0.2, -0.15) is 4.31 Å². The topological polar surface area (TPSA) is 57.7 Å². The lowest BCUT2D eigenvalue weighted by atomic mass is 10.3. The van der Waals surface area contributed by atoms with Crippen molar-refractivity contribution in [1.82, 2.24) is 9.21 Å². The Balaban J connectivity index is 2.94. The molecule has 4 amide bonds. The largest absolute Gasteiger partial charge is 0.344 e. The van der Waals surface area contributed by atoms with E-state index >= 15 is 0 Å². The molecular formula is C10H16N2O3S. The van der Waals surface area contributed by atoms with Crippen LogP contribution in [0.5, 0.6) is 0 Å². The average molecular weight is 244 g/mol. The van der Waals surface area contributed by atoms with Crippen LogP contribution in [0.25, 0.3) is 0 Å². The third kappa shape index (κ3) is 2.37. The molecule has 0 aromatic carbocycles. The van der Waals surface area contributed by atoms with Crippen molar-refractivity contribution in [2.24, 2.45) is 0 Å². The third-order valence-corrected chi connectivity index (χ3v) is 2.90. The number of urea groups is 1. The van der Waals surface area contributed by atoms with Crippen LogP contribution in [0.2, 0.25) is 0 Å². The Morgan fingerprint density at radius 2 is 1.56 bits per heavy atom. The predicted molar refractivity (Wildman–Crippen MR) is 61.6 cm³/mol. The summed E-state index contributed by atoms with van der Waals surface area (Å²) < 4.78 is 0.654. The van der Waals surface area contributed by atoms with Gasteiger partial charge in [0.25, 0.3) is 0 Å². The first-order valence-electron chi connectivity index (χ1n) is 5.06. The molecule has 1 aliphatic rings. The molecule has 0 spiro atoms. The van der Waals surface area contributed by atoms with Crippen molar-refractivity contribution in [3.63, 3.8) is 0 Å². The molecular weight excluding hydrogens is 228 g/mol. The summed E-state index contributed by atoms with van der Waals surface area (Å²) in [5, 5.41) is 0. The Morgan fingerprint density at radius 3 is 1.88 bits per heavy atom. The highest BCUT2D eigenvalue weighted by atomic mass is 32.2. The molecule has 5 nitrogen and oxygen atoms in total. The SMILES string of the molecule is CC(C)N1C(=O)C(=O)N(SC(C)(C)C)C1=O. The van der Waals surface area contributed by atoms with Gasteiger partial charge in [0.15, 0.2) is 0 Å². The fourth-order valence-corrected chi connectivity index (χ4v) is 2.15. The van der Waals surface area contributed by atoms with Crippen LogP contribution in [0, 0.1) is 0 Å². The minimum atomic E-state index is -0.751. The fraction of sp³-hybridized carbons (Fsp3) is 0.700. The number of hydrogen-bond donors (Lipinski definition) is 0. The maximum absolute atomic E-state index is 11.8. The van der Waals surface area contributed by atoms with Crippen LogP contribution in [-0.4, -0.2) is 37.8 Å². The zero-order valence-corrected chi connectivity index (χ0v) is 10.9. The van der Waals surface area contributed by atoms with E-state index in [1.807, 2.05) is 20.8 Å². The zero-order chi connectivity index (χ0) is 12.7. The van der Waals surface area contributed by atoms with Gasteiger partial charge in [0.2, 0.25) is 0 Å². The second-order valence-corrected chi connectivity index (χ2v) is 6.63. The van der Waals surface area contributed by atoms with E-state index in [0.29, 0.717) is 0 Å². The number of carbonyl (C=O) groups is 3. The molecule has 0 unspecified atom stereocenters. The predicted octanol–water partition coefficient (Wildman–Crippen LogP) is 1.63. The van der Waals surface area contributed by atoms with Gasteiger partial charge in [0, 0.05) is 10.8 Å². The number of rotatable bonds is 2. The van der Waals surface area contributed by atoms with Crippen molar-refractivity contribution < 1.29 is 14.4 Å². The number of hydrogen-bond acceptors (Lipinski definition) is 4. The summed E-state index contributed by atoms with van der Waals surface area (Å²) in [4.78, 5) is 36.0. The van der Waals surface area contributed by atoms with Gasteiger partial charge in [-0.3, -0.25) is 14.5 Å². The molecule has 1 saturated heterocycles. The molecule has 1 fully saturated rings. The molecule has 0 N–H and O–H groups in total. The van der Waals surface area contributed by atoms with Gasteiger partial charge in [-0.15, -0.1) is 0 Å². The molecule has 0 radical (unpaired) electrons. The first kappa shape index (κ1) is 13.0. The number of nitrogens with zero attached hydrogens (tertiary/aromatic N) is 2. The Bertz CT molecular complexity index is 346. The highest BCUT2D eigenvalue weighted by Gasteiger charge is 2.47. The molecule has 0 saturated carbocycles. The van der Waals surface area contributed by atoms with E-state index < -0.39 is 17.8 Å². The minimum Gasteiger partial charge on any atom is -0.263 e. The highest BCUT2D eigenvalue weighted by Crippen LogP contribution is 2.32. The van der Waals surface area contributed by atoms with Crippen LogP contribution in [0.15, 0.2) is 0 Å². The summed E-state index contributed by atoms with van der Waals surface area (Å²) in [6.07, 6.45) is 0. The Morgan fingerprint density at radius 1 is 1.06 bits per heavy atom. The van der Waals surface area contributed by atoms with Crippen LogP contribution in [-0.2, 0) is 9.59 Å². The van der Waals surface area contributed by atoms with Crippen molar-refractivity contribution >= 4 is 29.8 Å². The molecule has 1 aliphatic heterocycles. The van der Waals surface area contributed by atoms with Crippen LogP contribution in [0.4, 0.5) is 4.79 Å². The molecule has 0 atom stereocenters. The van der Waals surface area contributed by atoms with E-state index in [1.165, 1.54) is 0 Å². The Hall–Kier alpha value is -1.04. The summed E-state index contributed by atoms with van der Waals surface area (Å²) in [6, 6.07) is -0.834. The van der Waals surface area contributed by atoms with Crippen molar-refractivity contribution in [2.75, 3.05) is 0 Å². The van der Waals surface area contributed by atoms with Crippen LogP contribution < -0.4 is 0 Å². The maximum atomic E-state index is 11.8. The van der Waals surface area contributed by atoms with Crippen molar-refractivity contribution in [2.45, 2.75) is 45.4 Å². The second-order valence-electron chi connectivity index (χ2n) is 4.85. The van der Waals surface area contributed by atoms with E-state index in [4.69, 9.17) is 0 Å². The van der Waals surface area contributed by atoms with E-state index in [9.17, 15) is 14.4 Å². The normalized spacial score (nSPS) is 18.0. The van der Waals surface area contributed by atoms with Gasteiger partial charge in [-0.1, -0.05) is 0 Å². The molecule has 6 heteroatoms. The van der Waals surface area contributed by atoms with Gasteiger partial charge in [-0.25, -0.2) is 4.79 Å². The molecule has 0 aromatic heterocycles. The van der Waals surface area contributed by atoms with E-state index in [2.05, 4.69) is 0 Å². The monoisotopic (exact) mass is 244 g/mol. The molecule has 0 aliphatic carbocycles. The van der Waals surface area contributed by atoms with Crippen LogP contribution in [0.3, 0.4) is 0 Å². The fourth-order valence-electron chi connectivity index (χ4n) is 1.27. The summed E-state index contributed by atoms with van der Waals surface area (Å²) in [7, 11) is 0. The van der Waals surface area contributed by atoms with Gasteiger partial charge in [0.1, 0.15) is 0 Å². The first-order chi connectivity index (χ1) is 7.15. The van der Waals surface area contributed by atoms with E-state index in [0.717, 1.165) is 21.2 Å². The lowest BCUT2D eigenvalue weighted by Gasteiger charge is -2.23. The molecule has 16 heavy (non-hydrogen) atoms. The van der Waals surface area contributed by atoms with Gasteiger partial charge in [-0.05, 0) is 46.6 Å². The van der Waals surface area contributed by atoms with Crippen LogP contribution in [0.1, 0.15) is 34.6 Å². The summed E-state index contributed by atoms with van der Waals surface area (Å²) >= 11 is 1.08. The molecule has 1 rings (SSSR count). The molecule has 1 heterocycles. The van der Waals surface area contributed by atoms with Gasteiger partial charge in [0.05, 0.1) is 0 Å². The number of carbonyl (C=O) groups excluding carboxylic acids is 3. The average Bonchev–Trinajstić information content (AvgIpc) is 2.27. The zero-order valence-electron chi connectivity index (χ0n) is 10.1. The third-order valence-electron chi connectivity index (χ3n) is 1.85. The number of imide groups is 2. The molecule has 0 aromatic rings. The highest BCUT2D eigenvalue weighted by molar-refractivity contribution is 7.99. The summed E-state index contributed by atoms with van der Waals surface area (Å²) in [5.41, 5.74) is 0. The Labute approximate surface area is 99.3 Å². The summed E-state index contributed by atoms with van der Waals surface area (Å²) in [6.45, 7) is 9.03. The van der Waals surface area contributed by atoms with E-state index in [1.54, 1.807) is 13.8 Å². The lowest BCUT2D eigenvalue weighted by molar-refractivity contribution is -0.142. The Kier molecular flexibility index (Phi) is 3.33. The van der Waals surface area contributed by atoms with Gasteiger partial charge < -0.3 is 0 Å². The molecule has 90 valence electrons. The standard InChI is InChI=1S/C10H16N2O3S/c1-6(2)11-7(13)8(14)12(9(11)15)16-10(3,4)5/h6H,1-5H3. The maximum Gasteiger partial charge on any atom is 0.344 e. The van der Waals surface area contributed by atoms with Crippen LogP contribution >= 0.6 is 11.9 Å². The second kappa shape index (κ2) is 4.08. The van der Waals surface area contributed by atoms with Crippen molar-refractivity contribution in [3.8, 4) is 0 Å². The summed E-state index contributed by atoms with van der Waals surface area (Å²) in [5.74, 6) is -1.49. The first-order valence-corrected chi connectivity index (χ1v) is 5.83. The van der Waals surface area contributed by atoms with Crippen molar-refractivity contribution in [1.29, 1.82) is 0 Å². The smallest absolute Gasteiger partial charge is 0.263 e. The lowest BCUT2D eigenvalue weighted by Crippen LogP contribution is -2.37. The number of amides is 4. The van der Waals surface area contributed by atoms with E-state index in [-0.39, 0.29) is 10.8 Å². The minimum absolute atomic E-state index is 0.293. The van der Waals surface area contributed by atoms with Crippen molar-refractivity contribution in [3.05, 3.63) is 0 Å². The van der Waals surface area contributed by atoms with Gasteiger partial charge >= 0.3 is 17.8 Å². The quantitative estimate of drug-likeness (QED) is 0.421. The molecule has 0 bridgehead atoms.